The van der Waals surface area contributed by atoms with Gasteiger partial charge in [0.15, 0.2) is 12.2 Å². The van der Waals surface area contributed by atoms with E-state index in [4.69, 9.17) is 37.0 Å². The number of aliphatic hydroxyl groups is 1. The molecule has 0 bridgehead atoms. The van der Waals surface area contributed by atoms with E-state index in [-0.39, 0.29) is 25.7 Å². The zero-order chi connectivity index (χ0) is 68.9. The van der Waals surface area contributed by atoms with Gasteiger partial charge in [-0.05, 0) is 49.4 Å². The van der Waals surface area contributed by atoms with Crippen LogP contribution in [0.3, 0.4) is 0 Å². The summed E-state index contributed by atoms with van der Waals surface area (Å²) in [5.41, 5.74) is 0. The van der Waals surface area contributed by atoms with E-state index in [1.807, 2.05) is 0 Å². The van der Waals surface area contributed by atoms with E-state index in [1.54, 1.807) is 0 Å². The van der Waals surface area contributed by atoms with Crippen LogP contribution in [0.4, 0.5) is 0 Å². The summed E-state index contributed by atoms with van der Waals surface area (Å²) in [4.78, 5) is 72.7. The third-order valence-electron chi connectivity index (χ3n) is 17.1. The standard InChI is InChI=1S/C74H144O17P2/c1-64(2)50-42-34-26-20-16-12-9-10-14-19-23-31-40-48-56-73(78)90-69(60-84-71(76)54-46-38-29-22-18-15-11-13-17-21-27-35-43-51-65(3)4)62-88-92(80,81)86-58-68(75)59-87-93(82,83)89-63-70(91-74(79)57-49-41-33-32-37-45-53-67(7)8)61-85-72(77)55-47-39-30-25-24-28-36-44-52-66(5)6/h64-70,75H,9-63H2,1-8H3,(H,80,81)(H,82,83)/t68?,69-,70-/m1/s1. The maximum atomic E-state index is 13.1. The zero-order valence-corrected chi connectivity index (χ0v) is 62.7. The minimum atomic E-state index is -4.96. The van der Waals surface area contributed by atoms with Gasteiger partial charge >= 0.3 is 39.5 Å². The Morgan fingerprint density at radius 3 is 0.667 bits per heavy atom. The minimum absolute atomic E-state index is 0.101. The lowest BCUT2D eigenvalue weighted by atomic mass is 10.0. The molecule has 0 rings (SSSR count). The molecule has 17 nitrogen and oxygen atoms in total. The normalized spacial score (nSPS) is 14.2. The monoisotopic (exact) mass is 1370 g/mol. The van der Waals surface area contributed by atoms with Crippen LogP contribution in [-0.2, 0) is 65.4 Å². The fourth-order valence-corrected chi connectivity index (χ4v) is 12.8. The van der Waals surface area contributed by atoms with E-state index in [1.165, 1.54) is 173 Å². The van der Waals surface area contributed by atoms with Crippen molar-refractivity contribution < 1.29 is 80.2 Å². The molecule has 0 radical (unpaired) electrons. The molecule has 0 amide bonds. The van der Waals surface area contributed by atoms with Gasteiger partial charge in [-0.1, -0.05) is 319 Å². The molecular formula is C74H144O17P2. The van der Waals surface area contributed by atoms with E-state index in [0.29, 0.717) is 31.6 Å². The zero-order valence-electron chi connectivity index (χ0n) is 60.9. The van der Waals surface area contributed by atoms with Crippen molar-refractivity contribution in [3.8, 4) is 0 Å². The van der Waals surface area contributed by atoms with Crippen molar-refractivity contribution in [1.82, 2.24) is 0 Å². The first-order valence-electron chi connectivity index (χ1n) is 38.2. The van der Waals surface area contributed by atoms with Gasteiger partial charge in [0.2, 0.25) is 0 Å². The Balaban J connectivity index is 5.23. The average Bonchev–Trinajstić information content (AvgIpc) is 3.48. The fourth-order valence-electron chi connectivity index (χ4n) is 11.2. The van der Waals surface area contributed by atoms with E-state index >= 15 is 0 Å². The first-order chi connectivity index (χ1) is 44.6. The second-order valence-electron chi connectivity index (χ2n) is 28.6. The Hall–Kier alpha value is -1.94. The van der Waals surface area contributed by atoms with Gasteiger partial charge in [-0.3, -0.25) is 37.3 Å². The van der Waals surface area contributed by atoms with Crippen LogP contribution in [-0.4, -0.2) is 96.7 Å². The summed E-state index contributed by atoms with van der Waals surface area (Å²) in [5, 5.41) is 10.6. The predicted octanol–water partition coefficient (Wildman–Crippen LogP) is 21.3. The first kappa shape index (κ1) is 91.1. The summed E-state index contributed by atoms with van der Waals surface area (Å²) in [6, 6.07) is 0. The molecule has 3 unspecified atom stereocenters. The molecule has 552 valence electrons. The summed E-state index contributed by atoms with van der Waals surface area (Å²) in [6.45, 7) is 14.1. The smallest absolute Gasteiger partial charge is 0.462 e. The van der Waals surface area contributed by atoms with Crippen molar-refractivity contribution in [1.29, 1.82) is 0 Å². The van der Waals surface area contributed by atoms with Gasteiger partial charge in [0.1, 0.15) is 19.3 Å². The number of unbranched alkanes of at least 4 members (excludes halogenated alkanes) is 37. The molecule has 0 aromatic heterocycles. The molecule has 0 aliphatic carbocycles. The number of esters is 4. The Morgan fingerprint density at radius 2 is 0.452 bits per heavy atom. The van der Waals surface area contributed by atoms with Gasteiger partial charge in [-0.25, -0.2) is 9.13 Å². The maximum absolute atomic E-state index is 13.1. The first-order valence-corrected chi connectivity index (χ1v) is 41.2. The van der Waals surface area contributed by atoms with Crippen LogP contribution in [0.2, 0.25) is 0 Å². The van der Waals surface area contributed by atoms with Crippen LogP contribution < -0.4 is 0 Å². The quantitative estimate of drug-likeness (QED) is 0.0222. The second-order valence-corrected chi connectivity index (χ2v) is 31.5. The lowest BCUT2D eigenvalue weighted by Gasteiger charge is -2.21. The lowest BCUT2D eigenvalue weighted by Crippen LogP contribution is -2.30. The molecule has 0 aliphatic heterocycles. The Bertz CT molecular complexity index is 1830. The molecule has 0 heterocycles. The Labute approximate surface area is 568 Å². The van der Waals surface area contributed by atoms with Crippen molar-refractivity contribution in [3.63, 3.8) is 0 Å². The summed E-state index contributed by atoms with van der Waals surface area (Å²) in [5.74, 6) is 0.854. The highest BCUT2D eigenvalue weighted by Crippen LogP contribution is 2.45. The average molecular weight is 1370 g/mol. The van der Waals surface area contributed by atoms with E-state index in [9.17, 15) is 43.2 Å². The van der Waals surface area contributed by atoms with Crippen LogP contribution in [0, 0.1) is 23.7 Å². The lowest BCUT2D eigenvalue weighted by molar-refractivity contribution is -0.161. The Morgan fingerprint density at radius 1 is 0.269 bits per heavy atom. The molecule has 93 heavy (non-hydrogen) atoms. The number of aliphatic hydroxyl groups excluding tert-OH is 1. The van der Waals surface area contributed by atoms with Gasteiger partial charge in [0.25, 0.3) is 0 Å². The number of carbonyl (C=O) groups excluding carboxylic acids is 4. The molecule has 19 heteroatoms. The predicted molar refractivity (Wildman–Crippen MR) is 377 cm³/mol. The number of ether oxygens (including phenoxy) is 4. The Kier molecular flexibility index (Phi) is 62.2. The van der Waals surface area contributed by atoms with Gasteiger partial charge in [-0.15, -0.1) is 0 Å². The van der Waals surface area contributed by atoms with Crippen LogP contribution in [0.15, 0.2) is 0 Å². The van der Waals surface area contributed by atoms with E-state index < -0.39 is 97.5 Å². The molecule has 0 saturated heterocycles. The molecule has 0 fully saturated rings. The topological polar surface area (TPSA) is 237 Å². The summed E-state index contributed by atoms with van der Waals surface area (Å²) in [6.07, 6.45) is 47.4. The van der Waals surface area contributed by atoms with Gasteiger partial charge < -0.3 is 33.8 Å². The van der Waals surface area contributed by atoms with Crippen molar-refractivity contribution in [2.75, 3.05) is 39.6 Å². The second kappa shape index (κ2) is 63.5. The van der Waals surface area contributed by atoms with Crippen LogP contribution in [0.1, 0.15) is 370 Å². The molecule has 0 aliphatic rings. The van der Waals surface area contributed by atoms with E-state index in [0.717, 1.165) is 108 Å². The molecule has 0 saturated carbocycles. The minimum Gasteiger partial charge on any atom is -0.462 e. The number of carbonyl (C=O) groups is 4. The fraction of sp³-hybridized carbons (Fsp3) is 0.946. The highest BCUT2D eigenvalue weighted by Gasteiger charge is 2.30. The summed E-state index contributed by atoms with van der Waals surface area (Å²) >= 11 is 0. The van der Waals surface area contributed by atoms with Crippen molar-refractivity contribution in [2.45, 2.75) is 388 Å². The van der Waals surface area contributed by atoms with E-state index in [2.05, 4.69) is 55.4 Å². The number of hydrogen-bond donors (Lipinski definition) is 3. The van der Waals surface area contributed by atoms with Gasteiger partial charge in [-0.2, -0.15) is 0 Å². The molecular weight excluding hydrogens is 1220 g/mol. The van der Waals surface area contributed by atoms with Gasteiger partial charge in [0, 0.05) is 25.7 Å². The third kappa shape index (κ3) is 68.4. The SMILES string of the molecule is CC(C)CCCCCCCCCCCCCCCCC(=O)O[C@H](COC(=O)CCCCCCCCCCCCCCCC(C)C)COP(=O)(O)OCC(O)COP(=O)(O)OC[C@@H](COC(=O)CCCCCCCCCCC(C)C)OC(=O)CCCCCCCCC(C)C. The highest BCUT2D eigenvalue weighted by molar-refractivity contribution is 7.47. The number of phosphoric acid groups is 2. The van der Waals surface area contributed by atoms with Crippen LogP contribution in [0.25, 0.3) is 0 Å². The van der Waals surface area contributed by atoms with Crippen molar-refractivity contribution in [3.05, 3.63) is 0 Å². The molecule has 0 spiro atoms. The summed E-state index contributed by atoms with van der Waals surface area (Å²) in [7, 11) is -9.91. The largest absolute Gasteiger partial charge is 0.472 e. The highest BCUT2D eigenvalue weighted by atomic mass is 31.2. The third-order valence-corrected chi connectivity index (χ3v) is 19.0. The van der Waals surface area contributed by atoms with Crippen molar-refractivity contribution >= 4 is 39.5 Å². The number of phosphoric ester groups is 2. The molecule has 3 N–H and O–H groups in total. The molecule has 0 aromatic rings. The summed E-state index contributed by atoms with van der Waals surface area (Å²) < 4.78 is 68.4. The van der Waals surface area contributed by atoms with Crippen LogP contribution >= 0.6 is 15.6 Å². The van der Waals surface area contributed by atoms with Crippen LogP contribution in [0.5, 0.6) is 0 Å². The van der Waals surface area contributed by atoms with Crippen molar-refractivity contribution in [2.24, 2.45) is 23.7 Å². The number of hydrogen-bond acceptors (Lipinski definition) is 15. The number of rotatable bonds is 71. The molecule has 5 atom stereocenters. The molecule has 0 aromatic carbocycles. The van der Waals surface area contributed by atoms with Gasteiger partial charge in [0.05, 0.1) is 26.4 Å². The maximum Gasteiger partial charge on any atom is 0.472 e.